The number of rotatable bonds is 8. The zero-order chi connectivity index (χ0) is 23.8. The Labute approximate surface area is 201 Å². The van der Waals surface area contributed by atoms with Crippen LogP contribution in [0.2, 0.25) is 0 Å². The van der Waals surface area contributed by atoms with Crippen LogP contribution in [0.15, 0.2) is 84.9 Å². The van der Waals surface area contributed by atoms with Gasteiger partial charge in [-0.2, -0.15) is 0 Å². The van der Waals surface area contributed by atoms with Gasteiger partial charge in [-0.05, 0) is 35.4 Å². The number of carbonyl (C=O) groups is 2. The predicted octanol–water partition coefficient (Wildman–Crippen LogP) is 3.40. The number of amides is 2. The highest BCUT2D eigenvalue weighted by Gasteiger charge is 2.29. The van der Waals surface area contributed by atoms with E-state index in [1.165, 1.54) is 0 Å². The van der Waals surface area contributed by atoms with Gasteiger partial charge in [-0.25, -0.2) is 0 Å². The Morgan fingerprint density at radius 2 is 1.38 bits per heavy atom. The molecule has 6 heteroatoms. The van der Waals surface area contributed by atoms with Gasteiger partial charge in [0.2, 0.25) is 5.91 Å². The number of nitrogens with zero attached hydrogens (tertiary/aromatic N) is 2. The van der Waals surface area contributed by atoms with E-state index in [-0.39, 0.29) is 17.7 Å². The molecule has 4 rings (SSSR count). The molecule has 0 aromatic heterocycles. The summed E-state index contributed by atoms with van der Waals surface area (Å²) in [6, 6.07) is 27.1. The average Bonchev–Trinajstić information content (AvgIpc) is 2.90. The van der Waals surface area contributed by atoms with Crippen LogP contribution in [0.25, 0.3) is 0 Å². The first-order chi connectivity index (χ1) is 16.7. The molecule has 1 fully saturated rings. The Morgan fingerprint density at radius 3 is 1.91 bits per heavy atom. The summed E-state index contributed by atoms with van der Waals surface area (Å²) >= 11 is 0. The van der Waals surface area contributed by atoms with Crippen LogP contribution in [0.4, 0.5) is 0 Å². The van der Waals surface area contributed by atoms with E-state index in [1.54, 1.807) is 31.4 Å². The number of benzene rings is 3. The van der Waals surface area contributed by atoms with E-state index >= 15 is 0 Å². The molecular weight excluding hydrogens is 426 g/mol. The average molecular weight is 458 g/mol. The highest BCUT2D eigenvalue weighted by atomic mass is 16.5. The number of piperazine rings is 1. The van der Waals surface area contributed by atoms with Crippen molar-refractivity contribution < 1.29 is 14.3 Å². The van der Waals surface area contributed by atoms with Crippen molar-refractivity contribution in [1.82, 2.24) is 15.1 Å². The third kappa shape index (κ3) is 5.83. The highest BCUT2D eigenvalue weighted by molar-refractivity contribution is 5.94. The molecule has 1 aliphatic rings. The van der Waals surface area contributed by atoms with E-state index < -0.39 is 0 Å². The predicted molar refractivity (Wildman–Crippen MR) is 133 cm³/mol. The smallest absolute Gasteiger partial charge is 0.251 e. The number of ether oxygens (including phenoxy) is 1. The Kier molecular flexibility index (Phi) is 7.94. The number of hydrogen-bond acceptors (Lipinski definition) is 4. The van der Waals surface area contributed by atoms with Crippen molar-refractivity contribution in [2.24, 2.45) is 0 Å². The lowest BCUT2D eigenvalue weighted by Gasteiger charge is -2.36. The Bertz CT molecular complexity index is 1020. The van der Waals surface area contributed by atoms with E-state index in [1.807, 2.05) is 65.6 Å². The summed E-state index contributed by atoms with van der Waals surface area (Å²) < 4.78 is 5.13. The molecule has 1 N–H and O–H groups in total. The second kappa shape index (κ2) is 11.5. The number of nitrogens with one attached hydrogen (secondary N) is 1. The fraction of sp³-hybridized carbons (Fsp3) is 0.286. The van der Waals surface area contributed by atoms with E-state index in [0.29, 0.717) is 25.2 Å². The van der Waals surface area contributed by atoms with Crippen LogP contribution in [-0.2, 0) is 4.79 Å². The topological polar surface area (TPSA) is 61.9 Å². The fourth-order valence-corrected chi connectivity index (χ4v) is 4.32. The lowest BCUT2D eigenvalue weighted by molar-refractivity contribution is -0.133. The van der Waals surface area contributed by atoms with Gasteiger partial charge in [0.25, 0.3) is 5.91 Å². The summed E-state index contributed by atoms with van der Waals surface area (Å²) in [4.78, 5) is 30.2. The first kappa shape index (κ1) is 23.5. The van der Waals surface area contributed by atoms with Crippen molar-refractivity contribution in [3.05, 3.63) is 102 Å². The van der Waals surface area contributed by atoms with Gasteiger partial charge in [0.05, 0.1) is 13.0 Å². The van der Waals surface area contributed by atoms with E-state index in [4.69, 9.17) is 4.74 Å². The monoisotopic (exact) mass is 457 g/mol. The van der Waals surface area contributed by atoms with Crippen LogP contribution in [-0.4, -0.2) is 68.0 Å². The van der Waals surface area contributed by atoms with Gasteiger partial charge in [-0.15, -0.1) is 0 Å². The minimum atomic E-state index is -0.294. The maximum Gasteiger partial charge on any atom is 0.251 e. The van der Waals surface area contributed by atoms with Crippen LogP contribution in [0.5, 0.6) is 5.75 Å². The third-order valence-corrected chi connectivity index (χ3v) is 6.26. The van der Waals surface area contributed by atoms with Crippen molar-refractivity contribution in [3.8, 4) is 5.75 Å². The minimum Gasteiger partial charge on any atom is -0.497 e. The van der Waals surface area contributed by atoms with Gasteiger partial charge in [0, 0.05) is 44.8 Å². The molecule has 0 aliphatic carbocycles. The van der Waals surface area contributed by atoms with Gasteiger partial charge < -0.3 is 15.0 Å². The summed E-state index contributed by atoms with van der Waals surface area (Å²) in [7, 11) is 1.60. The maximum atomic E-state index is 13.6. The molecule has 0 saturated carbocycles. The first-order valence-electron chi connectivity index (χ1n) is 11.7. The van der Waals surface area contributed by atoms with Gasteiger partial charge in [0.15, 0.2) is 0 Å². The van der Waals surface area contributed by atoms with Crippen LogP contribution >= 0.6 is 0 Å². The molecule has 3 aromatic carbocycles. The molecule has 1 aliphatic heterocycles. The number of hydrogen-bond donors (Lipinski definition) is 1. The molecule has 1 heterocycles. The van der Waals surface area contributed by atoms with Gasteiger partial charge in [-0.1, -0.05) is 60.7 Å². The molecule has 3 aromatic rings. The summed E-state index contributed by atoms with van der Waals surface area (Å²) in [6.07, 6.45) is 0. The molecule has 1 saturated heterocycles. The largest absolute Gasteiger partial charge is 0.497 e. The molecule has 0 spiro atoms. The van der Waals surface area contributed by atoms with Crippen LogP contribution in [0.1, 0.15) is 27.4 Å². The Balaban J connectivity index is 1.29. The lowest BCUT2D eigenvalue weighted by atomic mass is 9.90. The van der Waals surface area contributed by atoms with Crippen LogP contribution in [0, 0.1) is 0 Å². The first-order valence-corrected chi connectivity index (χ1v) is 11.7. The SMILES string of the molecule is COc1ccc(C(=O)NCCN2CCN(C(=O)C(c3ccccc3)c3ccccc3)CC2)cc1. The Hall–Kier alpha value is -3.64. The number of carbonyl (C=O) groups excluding carboxylic acids is 2. The zero-order valence-electron chi connectivity index (χ0n) is 19.5. The summed E-state index contributed by atoms with van der Waals surface area (Å²) in [5.74, 6) is 0.485. The van der Waals surface area contributed by atoms with Crippen LogP contribution in [0.3, 0.4) is 0 Å². The van der Waals surface area contributed by atoms with Crippen molar-refractivity contribution >= 4 is 11.8 Å². The molecule has 0 atom stereocenters. The van der Waals surface area contributed by atoms with Crippen molar-refractivity contribution in [2.45, 2.75) is 5.92 Å². The van der Waals surface area contributed by atoms with Crippen molar-refractivity contribution in [3.63, 3.8) is 0 Å². The molecule has 0 bridgehead atoms. The number of methoxy groups -OCH3 is 1. The lowest BCUT2D eigenvalue weighted by Crippen LogP contribution is -2.51. The standard InChI is InChI=1S/C28H31N3O3/c1-34-25-14-12-24(13-15-25)27(32)29-16-17-30-18-20-31(21-19-30)28(33)26(22-8-4-2-5-9-22)23-10-6-3-7-11-23/h2-15,26H,16-21H2,1H3,(H,29,32). The molecular formula is C28H31N3O3. The van der Waals surface area contributed by atoms with E-state index in [0.717, 1.165) is 36.5 Å². The molecule has 0 unspecified atom stereocenters. The molecule has 34 heavy (non-hydrogen) atoms. The fourth-order valence-electron chi connectivity index (χ4n) is 4.32. The summed E-state index contributed by atoms with van der Waals surface area (Å²) in [5.41, 5.74) is 2.65. The minimum absolute atomic E-state index is 0.0926. The Morgan fingerprint density at radius 1 is 0.824 bits per heavy atom. The summed E-state index contributed by atoms with van der Waals surface area (Å²) in [5, 5.41) is 2.98. The van der Waals surface area contributed by atoms with E-state index in [2.05, 4.69) is 10.2 Å². The van der Waals surface area contributed by atoms with Gasteiger partial charge in [-0.3, -0.25) is 14.5 Å². The molecule has 2 amide bonds. The van der Waals surface area contributed by atoms with Crippen molar-refractivity contribution in [1.29, 1.82) is 0 Å². The van der Waals surface area contributed by atoms with Crippen LogP contribution < -0.4 is 10.1 Å². The quantitative estimate of drug-likeness (QED) is 0.563. The van der Waals surface area contributed by atoms with Gasteiger partial charge in [0.1, 0.15) is 5.75 Å². The van der Waals surface area contributed by atoms with Gasteiger partial charge >= 0.3 is 0 Å². The second-order valence-corrected chi connectivity index (χ2v) is 8.41. The molecule has 0 radical (unpaired) electrons. The molecule has 176 valence electrons. The third-order valence-electron chi connectivity index (χ3n) is 6.26. The van der Waals surface area contributed by atoms with E-state index in [9.17, 15) is 9.59 Å². The second-order valence-electron chi connectivity index (χ2n) is 8.41. The normalized spacial score (nSPS) is 14.1. The van der Waals surface area contributed by atoms with Crippen molar-refractivity contribution in [2.75, 3.05) is 46.4 Å². The molecule has 6 nitrogen and oxygen atoms in total. The highest BCUT2D eigenvalue weighted by Crippen LogP contribution is 2.27. The maximum absolute atomic E-state index is 13.6. The summed E-state index contributed by atoms with van der Waals surface area (Å²) in [6.45, 7) is 4.27. The zero-order valence-corrected chi connectivity index (χ0v) is 19.5.